The summed E-state index contributed by atoms with van der Waals surface area (Å²) >= 11 is 0. The molecule has 3 nitrogen and oxygen atoms in total. The number of carbonyl (C=O) groups is 2. The van der Waals surface area contributed by atoms with Gasteiger partial charge in [0.1, 0.15) is 5.54 Å². The molecule has 0 bridgehead atoms. The number of benzene rings is 2. The predicted molar refractivity (Wildman–Crippen MR) is 97.2 cm³/mol. The maximum absolute atomic E-state index is 13.0. The SMILES string of the molecule is O=C(CCC1(c2ccccc2)C(=O)C=C2CCCN21)c1ccccc1. The Morgan fingerprint density at radius 2 is 1.68 bits per heavy atom. The molecule has 0 radical (unpaired) electrons. The van der Waals surface area contributed by atoms with E-state index in [1.807, 2.05) is 60.7 Å². The van der Waals surface area contributed by atoms with E-state index >= 15 is 0 Å². The Kier molecular flexibility index (Phi) is 4.00. The van der Waals surface area contributed by atoms with Gasteiger partial charge in [0.15, 0.2) is 11.6 Å². The molecule has 0 aliphatic carbocycles. The van der Waals surface area contributed by atoms with Crippen LogP contribution >= 0.6 is 0 Å². The number of hydrogen-bond donors (Lipinski definition) is 0. The average molecular weight is 331 g/mol. The lowest BCUT2D eigenvalue weighted by atomic mass is 9.80. The molecule has 1 unspecified atom stereocenters. The molecule has 25 heavy (non-hydrogen) atoms. The first-order chi connectivity index (χ1) is 12.2. The second kappa shape index (κ2) is 6.32. The molecule has 1 fully saturated rings. The number of allylic oxidation sites excluding steroid dienone is 1. The minimum Gasteiger partial charge on any atom is -0.358 e. The molecular weight excluding hydrogens is 310 g/mol. The van der Waals surface area contributed by atoms with Crippen molar-refractivity contribution in [3.63, 3.8) is 0 Å². The molecule has 0 amide bonds. The number of hydrogen-bond acceptors (Lipinski definition) is 3. The minimum absolute atomic E-state index is 0.0938. The van der Waals surface area contributed by atoms with Crippen LogP contribution in [0.15, 0.2) is 72.4 Å². The first kappa shape index (κ1) is 15.8. The molecule has 0 aromatic heterocycles. The van der Waals surface area contributed by atoms with Crippen LogP contribution in [0.4, 0.5) is 0 Å². The van der Waals surface area contributed by atoms with E-state index in [0.717, 1.165) is 30.6 Å². The van der Waals surface area contributed by atoms with Crippen molar-refractivity contribution in [3.8, 4) is 0 Å². The molecule has 2 aliphatic rings. The Balaban J connectivity index is 1.66. The van der Waals surface area contributed by atoms with Crippen LogP contribution in [-0.4, -0.2) is 23.0 Å². The lowest BCUT2D eigenvalue weighted by Crippen LogP contribution is -2.45. The third-order valence-electron chi connectivity index (χ3n) is 5.39. The molecule has 1 saturated heterocycles. The zero-order chi connectivity index (χ0) is 17.3. The van der Waals surface area contributed by atoms with E-state index in [2.05, 4.69) is 4.90 Å². The van der Waals surface area contributed by atoms with Gasteiger partial charge >= 0.3 is 0 Å². The highest BCUT2D eigenvalue weighted by molar-refractivity contribution is 6.03. The van der Waals surface area contributed by atoms with Crippen LogP contribution < -0.4 is 0 Å². The summed E-state index contributed by atoms with van der Waals surface area (Å²) in [5, 5.41) is 0. The summed E-state index contributed by atoms with van der Waals surface area (Å²) in [5.74, 6) is 0.214. The minimum atomic E-state index is -0.711. The van der Waals surface area contributed by atoms with Crippen molar-refractivity contribution in [2.45, 2.75) is 31.2 Å². The molecule has 1 atom stereocenters. The van der Waals surface area contributed by atoms with Gasteiger partial charge in [0, 0.05) is 30.3 Å². The normalized spacial score (nSPS) is 22.0. The van der Waals surface area contributed by atoms with Crippen LogP contribution in [0.1, 0.15) is 41.6 Å². The molecule has 0 N–H and O–H groups in total. The Labute approximate surface area is 148 Å². The van der Waals surface area contributed by atoms with Gasteiger partial charge in [-0.25, -0.2) is 0 Å². The average Bonchev–Trinajstić information content (AvgIpc) is 3.21. The second-order valence-electron chi connectivity index (χ2n) is 6.77. The highest BCUT2D eigenvalue weighted by atomic mass is 16.1. The quantitative estimate of drug-likeness (QED) is 0.774. The molecule has 2 aromatic carbocycles. The van der Waals surface area contributed by atoms with E-state index in [1.54, 1.807) is 6.08 Å². The second-order valence-corrected chi connectivity index (χ2v) is 6.77. The number of Topliss-reactive ketones (excluding diaryl/α,β-unsaturated/α-hetero) is 1. The third-order valence-corrected chi connectivity index (χ3v) is 5.39. The molecule has 2 heterocycles. The molecule has 4 rings (SSSR count). The molecule has 126 valence electrons. The summed E-state index contributed by atoms with van der Waals surface area (Å²) in [4.78, 5) is 27.9. The fraction of sp³-hybridized carbons (Fsp3) is 0.273. The van der Waals surface area contributed by atoms with Gasteiger partial charge in [-0.1, -0.05) is 60.7 Å². The number of nitrogens with zero attached hydrogens (tertiary/aromatic N) is 1. The summed E-state index contributed by atoms with van der Waals surface area (Å²) in [6, 6.07) is 19.3. The van der Waals surface area contributed by atoms with Crippen LogP contribution in [0.3, 0.4) is 0 Å². The molecule has 3 heteroatoms. The van der Waals surface area contributed by atoms with Crippen molar-refractivity contribution >= 4 is 11.6 Å². The molecule has 0 saturated carbocycles. The highest BCUT2D eigenvalue weighted by Gasteiger charge is 2.50. The van der Waals surface area contributed by atoms with Gasteiger partial charge in [0.05, 0.1) is 0 Å². The lowest BCUT2D eigenvalue weighted by molar-refractivity contribution is -0.123. The van der Waals surface area contributed by atoms with Gasteiger partial charge in [-0.15, -0.1) is 0 Å². The van der Waals surface area contributed by atoms with Gasteiger partial charge in [-0.05, 0) is 24.8 Å². The summed E-state index contributed by atoms with van der Waals surface area (Å²) in [6.45, 7) is 0.881. The molecule has 2 aliphatic heterocycles. The van der Waals surface area contributed by atoms with Crippen molar-refractivity contribution in [1.29, 1.82) is 0 Å². The molecule has 2 aromatic rings. The fourth-order valence-corrected chi connectivity index (χ4v) is 4.16. The van der Waals surface area contributed by atoms with Gasteiger partial charge in [-0.3, -0.25) is 9.59 Å². The highest BCUT2D eigenvalue weighted by Crippen LogP contribution is 2.46. The van der Waals surface area contributed by atoms with Gasteiger partial charge in [-0.2, -0.15) is 0 Å². The fourth-order valence-electron chi connectivity index (χ4n) is 4.16. The number of fused-ring (bicyclic) bond motifs is 1. The third kappa shape index (κ3) is 2.60. The smallest absolute Gasteiger partial charge is 0.187 e. The Hall–Kier alpha value is -2.68. The van der Waals surface area contributed by atoms with E-state index in [4.69, 9.17) is 0 Å². The van der Waals surface area contributed by atoms with Gasteiger partial charge < -0.3 is 4.90 Å². The number of ketones is 2. The van der Waals surface area contributed by atoms with Crippen LogP contribution in [-0.2, 0) is 10.3 Å². The van der Waals surface area contributed by atoms with Crippen molar-refractivity contribution in [2.75, 3.05) is 6.54 Å². The maximum Gasteiger partial charge on any atom is 0.187 e. The summed E-state index contributed by atoms with van der Waals surface area (Å²) < 4.78 is 0. The van der Waals surface area contributed by atoms with Crippen molar-refractivity contribution in [1.82, 2.24) is 4.90 Å². The van der Waals surface area contributed by atoms with Crippen LogP contribution in [0.2, 0.25) is 0 Å². The van der Waals surface area contributed by atoms with Gasteiger partial charge in [0.25, 0.3) is 0 Å². The summed E-state index contributed by atoms with van der Waals surface area (Å²) in [6.07, 6.45) is 4.70. The van der Waals surface area contributed by atoms with Crippen LogP contribution in [0.25, 0.3) is 0 Å². The van der Waals surface area contributed by atoms with Crippen molar-refractivity contribution in [2.24, 2.45) is 0 Å². The first-order valence-corrected chi connectivity index (χ1v) is 8.88. The first-order valence-electron chi connectivity index (χ1n) is 8.88. The zero-order valence-corrected chi connectivity index (χ0v) is 14.2. The summed E-state index contributed by atoms with van der Waals surface area (Å²) in [7, 11) is 0. The Morgan fingerprint density at radius 3 is 2.40 bits per heavy atom. The van der Waals surface area contributed by atoms with E-state index < -0.39 is 5.54 Å². The summed E-state index contributed by atoms with van der Waals surface area (Å²) in [5.41, 5.74) is 2.12. The predicted octanol–water partition coefficient (Wildman–Crippen LogP) is 4.11. The molecular formula is C22H21NO2. The largest absolute Gasteiger partial charge is 0.358 e. The number of rotatable bonds is 5. The van der Waals surface area contributed by atoms with Crippen LogP contribution in [0.5, 0.6) is 0 Å². The van der Waals surface area contributed by atoms with Crippen molar-refractivity contribution in [3.05, 3.63) is 83.6 Å². The van der Waals surface area contributed by atoms with E-state index in [1.165, 1.54) is 0 Å². The monoisotopic (exact) mass is 331 g/mol. The Bertz CT molecular complexity index is 826. The van der Waals surface area contributed by atoms with E-state index in [-0.39, 0.29) is 11.6 Å². The molecule has 0 spiro atoms. The Morgan fingerprint density at radius 1 is 1.00 bits per heavy atom. The van der Waals surface area contributed by atoms with Gasteiger partial charge in [0.2, 0.25) is 0 Å². The lowest BCUT2D eigenvalue weighted by Gasteiger charge is -2.38. The maximum atomic E-state index is 13.0. The van der Waals surface area contributed by atoms with Crippen LogP contribution in [0, 0.1) is 0 Å². The zero-order valence-electron chi connectivity index (χ0n) is 14.2. The van der Waals surface area contributed by atoms with E-state index in [0.29, 0.717) is 18.4 Å². The topological polar surface area (TPSA) is 37.4 Å². The number of carbonyl (C=O) groups excluding carboxylic acids is 2. The van der Waals surface area contributed by atoms with Crippen molar-refractivity contribution < 1.29 is 9.59 Å². The van der Waals surface area contributed by atoms with E-state index in [9.17, 15) is 9.59 Å². The standard InChI is InChI=1S/C22H21NO2/c24-20(17-8-3-1-4-9-17)13-14-22(18-10-5-2-6-11-18)21(25)16-19-12-7-15-23(19)22/h1-6,8-11,16H,7,12-15H2.